The van der Waals surface area contributed by atoms with E-state index in [0.717, 1.165) is 32.2 Å². The van der Waals surface area contributed by atoms with Gasteiger partial charge in [0.25, 0.3) is 0 Å². The molecule has 1 rings (SSSR count). The van der Waals surface area contributed by atoms with Crippen LogP contribution in [0.3, 0.4) is 0 Å². The molecule has 20 heavy (non-hydrogen) atoms. The van der Waals surface area contributed by atoms with E-state index in [4.69, 9.17) is 11.1 Å². The Kier molecular flexibility index (Phi) is 6.05. The number of nitrogens with two attached hydrogens (primary N) is 1. The zero-order valence-electron chi connectivity index (χ0n) is 13.4. The lowest BCUT2D eigenvalue weighted by atomic mass is 9.86. The van der Waals surface area contributed by atoms with Gasteiger partial charge in [-0.3, -0.25) is 5.41 Å². The molecule has 1 aromatic carbocycles. The number of hydrogen-bond acceptors (Lipinski definition) is 2. The Morgan fingerprint density at radius 3 is 2.30 bits per heavy atom. The number of nitrogens with zero attached hydrogens (tertiary/aromatic N) is 1. The fourth-order valence-electron chi connectivity index (χ4n) is 2.17. The molecule has 3 nitrogen and oxygen atoms in total. The van der Waals surface area contributed by atoms with E-state index in [2.05, 4.69) is 43.1 Å². The highest BCUT2D eigenvalue weighted by Crippen LogP contribution is 2.23. The van der Waals surface area contributed by atoms with Gasteiger partial charge in [-0.1, -0.05) is 39.3 Å². The van der Waals surface area contributed by atoms with Gasteiger partial charge in [0.2, 0.25) is 0 Å². The van der Waals surface area contributed by atoms with E-state index >= 15 is 0 Å². The summed E-state index contributed by atoms with van der Waals surface area (Å²) < 4.78 is 0. The van der Waals surface area contributed by atoms with E-state index in [1.54, 1.807) is 0 Å². The molecule has 0 bridgehead atoms. The Morgan fingerprint density at radius 2 is 1.80 bits per heavy atom. The van der Waals surface area contributed by atoms with E-state index in [1.807, 2.05) is 13.8 Å². The summed E-state index contributed by atoms with van der Waals surface area (Å²) in [5.41, 5.74) is 8.09. The number of aryl methyl sites for hydroxylation is 1. The van der Waals surface area contributed by atoms with Crippen LogP contribution in [0.15, 0.2) is 24.3 Å². The molecule has 0 aromatic heterocycles. The second-order valence-corrected chi connectivity index (χ2v) is 6.20. The van der Waals surface area contributed by atoms with Crippen molar-refractivity contribution >= 4 is 11.5 Å². The molecule has 0 heterocycles. The van der Waals surface area contributed by atoms with Crippen LogP contribution < -0.4 is 10.6 Å². The molecule has 0 saturated heterocycles. The zero-order valence-corrected chi connectivity index (χ0v) is 13.4. The molecule has 0 aliphatic carbocycles. The summed E-state index contributed by atoms with van der Waals surface area (Å²) in [7, 11) is 2.14. The van der Waals surface area contributed by atoms with Gasteiger partial charge >= 0.3 is 0 Å². The summed E-state index contributed by atoms with van der Waals surface area (Å²) in [6.07, 6.45) is 4.29. The number of nitrogens with one attached hydrogen (secondary N) is 1. The van der Waals surface area contributed by atoms with Crippen molar-refractivity contribution in [2.45, 2.75) is 46.5 Å². The van der Waals surface area contributed by atoms with Crippen molar-refractivity contribution in [2.24, 2.45) is 11.1 Å². The van der Waals surface area contributed by atoms with Crippen LogP contribution in [0.2, 0.25) is 0 Å². The molecule has 1 aromatic rings. The number of benzene rings is 1. The summed E-state index contributed by atoms with van der Waals surface area (Å²) in [4.78, 5) is 2.29. The molecular weight excluding hydrogens is 246 g/mol. The predicted molar refractivity (Wildman–Crippen MR) is 88.6 cm³/mol. The van der Waals surface area contributed by atoms with E-state index in [-0.39, 0.29) is 5.41 Å². The van der Waals surface area contributed by atoms with Crippen molar-refractivity contribution < 1.29 is 0 Å². The summed E-state index contributed by atoms with van der Waals surface area (Å²) >= 11 is 0. The second-order valence-electron chi connectivity index (χ2n) is 6.20. The highest BCUT2D eigenvalue weighted by atomic mass is 15.1. The lowest BCUT2D eigenvalue weighted by Gasteiger charge is -2.24. The molecule has 3 N–H and O–H groups in total. The van der Waals surface area contributed by atoms with Crippen molar-refractivity contribution in [3.63, 3.8) is 0 Å². The van der Waals surface area contributed by atoms with Gasteiger partial charge in [0.1, 0.15) is 0 Å². The van der Waals surface area contributed by atoms with Gasteiger partial charge < -0.3 is 10.6 Å². The Hall–Kier alpha value is -1.51. The van der Waals surface area contributed by atoms with Crippen LogP contribution in [-0.4, -0.2) is 19.4 Å². The summed E-state index contributed by atoms with van der Waals surface area (Å²) in [6, 6.07) is 8.78. The number of hydrogen-bond donors (Lipinski definition) is 2. The third-order valence-electron chi connectivity index (χ3n) is 4.06. The number of anilines is 1. The van der Waals surface area contributed by atoms with Crippen molar-refractivity contribution in [3.05, 3.63) is 29.8 Å². The minimum absolute atomic E-state index is 0.165. The Bertz CT molecular complexity index is 420. The molecule has 0 unspecified atom stereocenters. The van der Waals surface area contributed by atoms with Crippen LogP contribution in [0.4, 0.5) is 5.69 Å². The molecule has 112 valence electrons. The minimum atomic E-state index is -0.165. The van der Waals surface area contributed by atoms with Gasteiger partial charge in [-0.15, -0.1) is 0 Å². The van der Waals surface area contributed by atoms with E-state index in [1.165, 1.54) is 11.3 Å². The molecule has 0 fully saturated rings. The smallest absolute Gasteiger partial charge is 0.0963 e. The van der Waals surface area contributed by atoms with Crippen molar-refractivity contribution in [1.82, 2.24) is 0 Å². The maximum absolute atomic E-state index is 7.56. The minimum Gasteiger partial charge on any atom is -0.387 e. The first kappa shape index (κ1) is 16.5. The Morgan fingerprint density at radius 1 is 1.20 bits per heavy atom. The Labute approximate surface area is 123 Å². The van der Waals surface area contributed by atoms with Gasteiger partial charge in [0.05, 0.1) is 5.84 Å². The van der Waals surface area contributed by atoms with Crippen LogP contribution in [0, 0.1) is 10.8 Å². The molecule has 0 radical (unpaired) electrons. The molecule has 0 atom stereocenters. The maximum atomic E-state index is 7.56. The summed E-state index contributed by atoms with van der Waals surface area (Å²) in [6.45, 7) is 7.31. The standard InChI is InChI=1S/C17H29N3/c1-5-14-8-10-15(11-9-14)20(4)13-7-6-12-17(2,3)16(18)19/h8-11H,5-7,12-13H2,1-4H3,(H3,18,19). The Balaban J connectivity index is 2.36. The topological polar surface area (TPSA) is 53.1 Å². The quantitative estimate of drug-likeness (QED) is 0.430. The molecule has 0 saturated carbocycles. The molecular formula is C17H29N3. The lowest BCUT2D eigenvalue weighted by molar-refractivity contribution is 0.442. The molecule has 0 aliphatic heterocycles. The molecule has 0 amide bonds. The lowest BCUT2D eigenvalue weighted by Crippen LogP contribution is -2.31. The summed E-state index contributed by atoms with van der Waals surface area (Å²) in [5, 5.41) is 7.56. The third-order valence-corrected chi connectivity index (χ3v) is 4.06. The fraction of sp³-hybridized carbons (Fsp3) is 0.588. The van der Waals surface area contributed by atoms with Gasteiger partial charge in [-0.2, -0.15) is 0 Å². The van der Waals surface area contributed by atoms with Gasteiger partial charge in [-0.25, -0.2) is 0 Å². The van der Waals surface area contributed by atoms with Gasteiger partial charge in [0.15, 0.2) is 0 Å². The van der Waals surface area contributed by atoms with Crippen molar-refractivity contribution in [3.8, 4) is 0 Å². The zero-order chi connectivity index (χ0) is 15.2. The van der Waals surface area contributed by atoms with E-state index in [9.17, 15) is 0 Å². The largest absolute Gasteiger partial charge is 0.387 e. The first-order valence-corrected chi connectivity index (χ1v) is 7.51. The van der Waals surface area contributed by atoms with Crippen LogP contribution in [0.25, 0.3) is 0 Å². The van der Waals surface area contributed by atoms with Crippen molar-refractivity contribution in [1.29, 1.82) is 5.41 Å². The highest BCUT2D eigenvalue weighted by Gasteiger charge is 2.20. The monoisotopic (exact) mass is 275 g/mol. The van der Waals surface area contributed by atoms with Gasteiger partial charge in [0, 0.05) is 24.7 Å². The van der Waals surface area contributed by atoms with Crippen LogP contribution in [0.5, 0.6) is 0 Å². The van der Waals surface area contributed by atoms with Gasteiger partial charge in [-0.05, 0) is 37.0 Å². The highest BCUT2D eigenvalue weighted by molar-refractivity contribution is 5.82. The first-order chi connectivity index (χ1) is 9.36. The molecule has 0 spiro atoms. The molecule has 3 heteroatoms. The van der Waals surface area contributed by atoms with E-state index in [0.29, 0.717) is 5.84 Å². The average Bonchev–Trinajstić information content (AvgIpc) is 2.43. The third kappa shape index (κ3) is 4.87. The fourth-order valence-corrected chi connectivity index (χ4v) is 2.17. The van der Waals surface area contributed by atoms with Crippen LogP contribution in [0.1, 0.15) is 45.6 Å². The predicted octanol–water partition coefficient (Wildman–Crippen LogP) is 3.82. The number of unbranched alkanes of at least 4 members (excludes halogenated alkanes) is 1. The number of rotatable bonds is 8. The molecule has 0 aliphatic rings. The summed E-state index contributed by atoms with van der Waals surface area (Å²) in [5.74, 6) is 0.293. The maximum Gasteiger partial charge on any atom is 0.0963 e. The normalized spacial score (nSPS) is 11.4. The average molecular weight is 275 g/mol. The van der Waals surface area contributed by atoms with Crippen LogP contribution >= 0.6 is 0 Å². The van der Waals surface area contributed by atoms with Crippen molar-refractivity contribution in [2.75, 3.05) is 18.5 Å². The number of amidine groups is 1. The van der Waals surface area contributed by atoms with E-state index < -0.39 is 0 Å². The first-order valence-electron chi connectivity index (χ1n) is 7.51. The SMILES string of the molecule is CCc1ccc(N(C)CCCCC(C)(C)C(=N)N)cc1. The second kappa shape index (κ2) is 7.32. The van der Waals surface area contributed by atoms with Crippen LogP contribution in [-0.2, 0) is 6.42 Å².